The van der Waals surface area contributed by atoms with Crippen molar-refractivity contribution in [2.24, 2.45) is 0 Å². The van der Waals surface area contributed by atoms with Gasteiger partial charge in [-0.1, -0.05) is 11.6 Å². The van der Waals surface area contributed by atoms with Gasteiger partial charge in [-0.05, 0) is 37.5 Å². The summed E-state index contributed by atoms with van der Waals surface area (Å²) in [5.41, 5.74) is -0.104. The van der Waals surface area contributed by atoms with Crippen molar-refractivity contribution in [1.82, 2.24) is 4.90 Å². The lowest BCUT2D eigenvalue weighted by Gasteiger charge is -2.26. The number of likely N-dealkylation sites (tertiary alicyclic amines) is 1. The number of nitrogens with zero attached hydrogens (tertiary/aromatic N) is 1. The van der Waals surface area contributed by atoms with E-state index in [1.807, 2.05) is 0 Å². The van der Waals surface area contributed by atoms with Crippen molar-refractivity contribution >= 4 is 34.3 Å². The van der Waals surface area contributed by atoms with E-state index in [-0.39, 0.29) is 22.2 Å². The molecule has 1 heterocycles. The van der Waals surface area contributed by atoms with Crippen molar-refractivity contribution in [3.8, 4) is 0 Å². The minimum atomic E-state index is -1.56. The molecule has 2 rings (SSSR count). The van der Waals surface area contributed by atoms with Gasteiger partial charge in [-0.25, -0.2) is 4.79 Å². The maximum Gasteiger partial charge on any atom is 0.337 e. The summed E-state index contributed by atoms with van der Waals surface area (Å²) in [6, 6.07) is 4.16. The lowest BCUT2D eigenvalue weighted by atomic mass is 10.1. The average molecular weight is 330 g/mol. The predicted molar refractivity (Wildman–Crippen MR) is 80.1 cm³/mol. The third kappa shape index (κ3) is 4.04. The molecule has 1 atom stereocenters. The first-order valence-corrected chi connectivity index (χ1v) is 8.37. The Morgan fingerprint density at radius 2 is 1.90 bits per heavy atom. The van der Waals surface area contributed by atoms with Crippen LogP contribution in [0.2, 0.25) is 5.02 Å². The third-order valence-corrected chi connectivity index (χ3v) is 5.01. The first kappa shape index (κ1) is 16.0. The van der Waals surface area contributed by atoms with Gasteiger partial charge in [-0.2, -0.15) is 0 Å². The number of hydrogen-bond acceptors (Lipinski definition) is 3. The molecular weight excluding hydrogens is 314 g/mol. The summed E-state index contributed by atoms with van der Waals surface area (Å²) in [5, 5.41) is 9.09. The van der Waals surface area contributed by atoms with Gasteiger partial charge < -0.3 is 10.0 Å². The zero-order valence-corrected chi connectivity index (χ0v) is 13.0. The number of carboxylic acid groups (broad SMARTS) is 1. The van der Waals surface area contributed by atoms with E-state index in [1.54, 1.807) is 4.90 Å². The molecule has 7 heteroatoms. The van der Waals surface area contributed by atoms with Gasteiger partial charge in [-0.3, -0.25) is 9.00 Å². The van der Waals surface area contributed by atoms with Crippen LogP contribution in [0.3, 0.4) is 0 Å². The molecule has 1 saturated heterocycles. The predicted octanol–water partition coefficient (Wildman–Crippen LogP) is 2.16. The molecule has 1 aliphatic heterocycles. The molecule has 5 nitrogen and oxygen atoms in total. The van der Waals surface area contributed by atoms with Crippen LogP contribution < -0.4 is 0 Å². The van der Waals surface area contributed by atoms with Crippen molar-refractivity contribution in [1.29, 1.82) is 0 Å². The van der Waals surface area contributed by atoms with Crippen LogP contribution in [0.5, 0.6) is 0 Å². The largest absolute Gasteiger partial charge is 0.478 e. The molecule has 1 aromatic carbocycles. The van der Waals surface area contributed by atoms with E-state index in [0.717, 1.165) is 19.3 Å². The summed E-state index contributed by atoms with van der Waals surface area (Å²) in [7, 11) is -1.56. The fourth-order valence-corrected chi connectivity index (χ4v) is 3.48. The highest BCUT2D eigenvalue weighted by Crippen LogP contribution is 2.20. The molecule has 1 fully saturated rings. The smallest absolute Gasteiger partial charge is 0.337 e. The molecule has 0 radical (unpaired) electrons. The molecule has 0 saturated carbocycles. The second-order valence-electron chi connectivity index (χ2n) is 4.88. The number of piperidine rings is 1. The Kier molecular flexibility index (Phi) is 5.36. The molecule has 0 aromatic heterocycles. The van der Waals surface area contributed by atoms with E-state index in [4.69, 9.17) is 16.7 Å². The number of aromatic carboxylic acids is 1. The summed E-state index contributed by atoms with van der Waals surface area (Å²) in [6.07, 6.45) is 3.07. The molecule has 0 aliphatic carbocycles. The molecule has 114 valence electrons. The Balaban J connectivity index is 2.07. The number of carbonyl (C=O) groups is 2. The molecule has 1 aromatic rings. The molecule has 0 spiro atoms. The van der Waals surface area contributed by atoms with Crippen LogP contribution in [0, 0.1) is 0 Å². The Morgan fingerprint density at radius 3 is 2.52 bits per heavy atom. The topological polar surface area (TPSA) is 74.7 Å². The first-order valence-electron chi connectivity index (χ1n) is 6.68. The van der Waals surface area contributed by atoms with Crippen molar-refractivity contribution < 1.29 is 18.9 Å². The van der Waals surface area contributed by atoms with Crippen LogP contribution in [0.1, 0.15) is 29.6 Å². The summed E-state index contributed by atoms with van der Waals surface area (Å²) in [6.45, 7) is 1.41. The van der Waals surface area contributed by atoms with Crippen LogP contribution in [-0.2, 0) is 15.6 Å². The summed E-state index contributed by atoms with van der Waals surface area (Å²) in [5.74, 6) is -1.46. The van der Waals surface area contributed by atoms with Gasteiger partial charge in [-0.15, -0.1) is 0 Å². The number of amides is 1. The maximum atomic E-state index is 12.2. The van der Waals surface area contributed by atoms with Gasteiger partial charge in [0.15, 0.2) is 0 Å². The maximum absolute atomic E-state index is 12.2. The summed E-state index contributed by atoms with van der Waals surface area (Å²) < 4.78 is 12.2. The van der Waals surface area contributed by atoms with Gasteiger partial charge in [0.05, 0.1) is 21.4 Å². The normalized spacial score (nSPS) is 16.5. The Bertz CT molecular complexity index is 584. The highest BCUT2D eigenvalue weighted by Gasteiger charge is 2.20. The quantitative estimate of drug-likeness (QED) is 0.918. The van der Waals surface area contributed by atoms with E-state index in [2.05, 4.69) is 0 Å². The number of benzene rings is 1. The number of carbonyl (C=O) groups excluding carboxylic acids is 1. The highest BCUT2D eigenvalue weighted by atomic mass is 35.5. The molecule has 1 amide bonds. The Labute approximate surface area is 130 Å². The molecular formula is C14H16ClNO4S. The van der Waals surface area contributed by atoms with Gasteiger partial charge in [0.2, 0.25) is 5.91 Å². The summed E-state index contributed by atoms with van der Waals surface area (Å²) >= 11 is 5.77. The van der Waals surface area contributed by atoms with Gasteiger partial charge in [0.25, 0.3) is 0 Å². The number of halogens is 1. The lowest BCUT2D eigenvalue weighted by molar-refractivity contribution is -0.129. The number of carboxylic acids is 1. The van der Waals surface area contributed by atoms with Crippen LogP contribution in [0.15, 0.2) is 23.1 Å². The van der Waals surface area contributed by atoms with Crippen LogP contribution in [0.25, 0.3) is 0 Å². The zero-order chi connectivity index (χ0) is 15.4. The zero-order valence-electron chi connectivity index (χ0n) is 11.4. The Morgan fingerprint density at radius 1 is 1.24 bits per heavy atom. The van der Waals surface area contributed by atoms with E-state index in [0.29, 0.717) is 18.0 Å². The van der Waals surface area contributed by atoms with E-state index in [1.165, 1.54) is 18.2 Å². The molecule has 21 heavy (non-hydrogen) atoms. The van der Waals surface area contributed by atoms with Crippen molar-refractivity contribution in [3.63, 3.8) is 0 Å². The fraction of sp³-hybridized carbons (Fsp3) is 0.429. The van der Waals surface area contributed by atoms with Crippen LogP contribution >= 0.6 is 11.6 Å². The van der Waals surface area contributed by atoms with Crippen LogP contribution in [-0.4, -0.2) is 44.9 Å². The second kappa shape index (κ2) is 7.04. The second-order valence-corrected chi connectivity index (χ2v) is 6.74. The van der Waals surface area contributed by atoms with Gasteiger partial charge >= 0.3 is 5.97 Å². The van der Waals surface area contributed by atoms with Crippen molar-refractivity contribution in [3.05, 3.63) is 28.8 Å². The minimum absolute atomic E-state index is 0.0885. The summed E-state index contributed by atoms with van der Waals surface area (Å²) in [4.78, 5) is 25.1. The van der Waals surface area contributed by atoms with Gasteiger partial charge in [0.1, 0.15) is 5.75 Å². The fourth-order valence-electron chi connectivity index (χ4n) is 2.24. The molecule has 1 N–H and O–H groups in total. The van der Waals surface area contributed by atoms with Crippen LogP contribution in [0.4, 0.5) is 0 Å². The average Bonchev–Trinajstić information content (AvgIpc) is 2.48. The van der Waals surface area contributed by atoms with Gasteiger partial charge in [0, 0.05) is 18.0 Å². The number of rotatable bonds is 4. The molecule has 0 bridgehead atoms. The lowest BCUT2D eigenvalue weighted by Crippen LogP contribution is -2.38. The SMILES string of the molecule is O=C(O)c1cc(S(=O)CC(=O)N2CCCCC2)ccc1Cl. The Hall–Kier alpha value is -1.40. The molecule has 1 unspecified atom stereocenters. The number of hydrogen-bond donors (Lipinski definition) is 1. The first-order chi connectivity index (χ1) is 9.99. The van der Waals surface area contributed by atoms with Crippen molar-refractivity contribution in [2.45, 2.75) is 24.2 Å². The molecule has 1 aliphatic rings. The van der Waals surface area contributed by atoms with E-state index < -0.39 is 16.8 Å². The monoisotopic (exact) mass is 329 g/mol. The van der Waals surface area contributed by atoms with E-state index >= 15 is 0 Å². The minimum Gasteiger partial charge on any atom is -0.478 e. The van der Waals surface area contributed by atoms with Crippen molar-refractivity contribution in [2.75, 3.05) is 18.8 Å². The van der Waals surface area contributed by atoms with E-state index in [9.17, 15) is 13.8 Å². The highest BCUT2D eigenvalue weighted by molar-refractivity contribution is 7.85. The standard InChI is InChI=1S/C14H16ClNO4S/c15-12-5-4-10(8-11(12)14(18)19)21(20)9-13(17)16-6-2-1-3-7-16/h4-5,8H,1-3,6-7,9H2,(H,18,19). The third-order valence-electron chi connectivity index (χ3n) is 3.39.